The number of hydrogen-bond acceptors (Lipinski definition) is 2. The number of aromatic nitrogens is 2. The molecule has 0 aliphatic rings. The summed E-state index contributed by atoms with van der Waals surface area (Å²) in [5.41, 5.74) is -1.14. The number of hydrogen-bond donors (Lipinski definition) is 1. The van der Waals surface area contributed by atoms with Crippen molar-refractivity contribution in [2.24, 2.45) is 0 Å². The fourth-order valence-electron chi connectivity index (χ4n) is 0.671. The fraction of sp³-hybridized carbons (Fsp3) is 0.500. The van der Waals surface area contributed by atoms with E-state index in [-0.39, 0.29) is 0 Å². The largest absolute Gasteiger partial charge is 0.471 e. The SMILES string of the molecule is FC(F)COc1cc(C(F)(F)F)[nH]n1. The van der Waals surface area contributed by atoms with Crippen LogP contribution in [0.25, 0.3) is 0 Å². The van der Waals surface area contributed by atoms with Gasteiger partial charge < -0.3 is 4.74 Å². The summed E-state index contributed by atoms with van der Waals surface area (Å²) in [5.74, 6) is -0.502. The normalized spacial score (nSPS) is 12.1. The van der Waals surface area contributed by atoms with E-state index in [1.54, 1.807) is 5.10 Å². The minimum atomic E-state index is -4.58. The van der Waals surface area contributed by atoms with Gasteiger partial charge >= 0.3 is 6.18 Å². The third-order valence-corrected chi connectivity index (χ3v) is 1.22. The van der Waals surface area contributed by atoms with Crippen molar-refractivity contribution in [1.82, 2.24) is 10.2 Å². The highest BCUT2D eigenvalue weighted by molar-refractivity contribution is 5.16. The molecular weight excluding hydrogens is 211 g/mol. The van der Waals surface area contributed by atoms with Gasteiger partial charge in [0, 0.05) is 6.07 Å². The molecule has 0 saturated heterocycles. The highest BCUT2D eigenvalue weighted by atomic mass is 19.4. The average Bonchev–Trinajstić information content (AvgIpc) is 2.47. The highest BCUT2D eigenvalue weighted by Crippen LogP contribution is 2.29. The number of H-pyrrole nitrogens is 1. The van der Waals surface area contributed by atoms with Gasteiger partial charge in [-0.05, 0) is 0 Å². The second-order valence-corrected chi connectivity index (χ2v) is 2.32. The Hall–Kier alpha value is -1.34. The lowest BCUT2D eigenvalue weighted by atomic mass is 10.4. The first-order valence-electron chi connectivity index (χ1n) is 3.43. The predicted molar refractivity (Wildman–Crippen MR) is 35.1 cm³/mol. The van der Waals surface area contributed by atoms with Crippen LogP contribution in [-0.4, -0.2) is 23.2 Å². The van der Waals surface area contributed by atoms with Gasteiger partial charge in [-0.25, -0.2) is 8.78 Å². The molecule has 1 aromatic rings. The Morgan fingerprint density at radius 3 is 2.50 bits per heavy atom. The molecule has 0 aliphatic carbocycles. The molecule has 0 saturated carbocycles. The second kappa shape index (κ2) is 3.81. The lowest BCUT2D eigenvalue weighted by Crippen LogP contribution is -2.07. The molecule has 3 nitrogen and oxygen atoms in total. The van der Waals surface area contributed by atoms with Crippen LogP contribution in [0.5, 0.6) is 5.88 Å². The Morgan fingerprint density at radius 1 is 1.43 bits per heavy atom. The zero-order chi connectivity index (χ0) is 10.8. The van der Waals surface area contributed by atoms with Gasteiger partial charge in [-0.15, -0.1) is 5.10 Å². The van der Waals surface area contributed by atoms with Crippen molar-refractivity contribution in [3.05, 3.63) is 11.8 Å². The lowest BCUT2D eigenvalue weighted by molar-refractivity contribution is -0.141. The summed E-state index contributed by atoms with van der Waals surface area (Å²) in [5, 5.41) is 4.68. The summed E-state index contributed by atoms with van der Waals surface area (Å²) < 4.78 is 63.2. The van der Waals surface area contributed by atoms with Crippen molar-refractivity contribution >= 4 is 0 Å². The third-order valence-electron chi connectivity index (χ3n) is 1.22. The zero-order valence-electron chi connectivity index (χ0n) is 6.61. The summed E-state index contributed by atoms with van der Waals surface area (Å²) in [4.78, 5) is 0. The van der Waals surface area contributed by atoms with Gasteiger partial charge in [0.05, 0.1) is 0 Å². The molecule has 0 aliphatic heterocycles. The van der Waals surface area contributed by atoms with E-state index in [4.69, 9.17) is 0 Å². The number of ether oxygens (including phenoxy) is 1. The molecule has 0 amide bonds. The maximum absolute atomic E-state index is 11.9. The quantitative estimate of drug-likeness (QED) is 0.785. The van der Waals surface area contributed by atoms with E-state index >= 15 is 0 Å². The van der Waals surface area contributed by atoms with Crippen LogP contribution in [0.2, 0.25) is 0 Å². The maximum Gasteiger partial charge on any atom is 0.432 e. The number of rotatable bonds is 3. The molecule has 80 valence electrons. The minimum Gasteiger partial charge on any atom is -0.471 e. The van der Waals surface area contributed by atoms with Gasteiger partial charge in [0.15, 0.2) is 6.61 Å². The highest BCUT2D eigenvalue weighted by Gasteiger charge is 2.33. The van der Waals surface area contributed by atoms with E-state index < -0.39 is 30.8 Å². The molecule has 0 fully saturated rings. The summed E-state index contributed by atoms with van der Waals surface area (Å²) in [6, 6.07) is 0.516. The van der Waals surface area contributed by atoms with Crippen molar-refractivity contribution in [3.63, 3.8) is 0 Å². The van der Waals surface area contributed by atoms with Crippen molar-refractivity contribution in [3.8, 4) is 5.88 Å². The molecule has 0 radical (unpaired) electrons. The Balaban J connectivity index is 2.60. The van der Waals surface area contributed by atoms with E-state index in [0.717, 1.165) is 0 Å². The maximum atomic E-state index is 11.9. The Kier molecular flexibility index (Phi) is 2.92. The van der Waals surface area contributed by atoms with Gasteiger partial charge in [0.25, 0.3) is 6.43 Å². The molecule has 0 spiro atoms. The molecule has 0 unspecified atom stereocenters. The molecule has 8 heteroatoms. The second-order valence-electron chi connectivity index (χ2n) is 2.32. The molecule has 1 N–H and O–H groups in total. The number of nitrogens with zero attached hydrogens (tertiary/aromatic N) is 1. The zero-order valence-corrected chi connectivity index (χ0v) is 6.61. The van der Waals surface area contributed by atoms with E-state index in [9.17, 15) is 22.0 Å². The Morgan fingerprint density at radius 2 is 2.07 bits per heavy atom. The van der Waals surface area contributed by atoms with Crippen molar-refractivity contribution in [1.29, 1.82) is 0 Å². The van der Waals surface area contributed by atoms with Crippen LogP contribution in [-0.2, 0) is 6.18 Å². The topological polar surface area (TPSA) is 37.9 Å². The number of halogens is 5. The van der Waals surface area contributed by atoms with E-state index in [1.165, 1.54) is 0 Å². The van der Waals surface area contributed by atoms with Gasteiger partial charge in [-0.1, -0.05) is 0 Å². The van der Waals surface area contributed by atoms with Crippen LogP contribution < -0.4 is 4.74 Å². The smallest absolute Gasteiger partial charge is 0.432 e. The third kappa shape index (κ3) is 2.86. The number of nitrogens with one attached hydrogen (secondary N) is 1. The standard InChI is InChI=1S/C6H5F5N2O/c7-4(8)2-14-5-1-3(12-13-5)6(9,10)11/h1,4H,2H2,(H,12,13). The van der Waals surface area contributed by atoms with Crippen LogP contribution in [0, 0.1) is 0 Å². The molecule has 0 aromatic carbocycles. The monoisotopic (exact) mass is 216 g/mol. The van der Waals surface area contributed by atoms with Crippen molar-refractivity contribution < 1.29 is 26.7 Å². The lowest BCUT2D eigenvalue weighted by Gasteiger charge is -2.00. The fourth-order valence-corrected chi connectivity index (χ4v) is 0.671. The molecule has 0 atom stereocenters. The van der Waals surface area contributed by atoms with Gasteiger partial charge in [-0.3, -0.25) is 5.10 Å². The van der Waals surface area contributed by atoms with Gasteiger partial charge in [0.2, 0.25) is 5.88 Å². The molecule has 0 bridgehead atoms. The number of aromatic amines is 1. The summed E-state index contributed by atoms with van der Waals surface area (Å²) in [6.07, 6.45) is -7.33. The van der Waals surface area contributed by atoms with Gasteiger partial charge in [0.1, 0.15) is 5.69 Å². The molecule has 1 rings (SSSR count). The molecule has 1 aromatic heterocycles. The van der Waals surface area contributed by atoms with Crippen LogP contribution in [0.15, 0.2) is 6.07 Å². The summed E-state index contributed by atoms with van der Waals surface area (Å²) in [6.45, 7) is -0.984. The van der Waals surface area contributed by atoms with Crippen molar-refractivity contribution in [2.75, 3.05) is 6.61 Å². The first-order valence-corrected chi connectivity index (χ1v) is 3.43. The average molecular weight is 216 g/mol. The van der Waals surface area contributed by atoms with Crippen molar-refractivity contribution in [2.45, 2.75) is 12.6 Å². The van der Waals surface area contributed by atoms with Crippen LogP contribution in [0.1, 0.15) is 5.69 Å². The Labute approximate surface area is 74.9 Å². The van der Waals surface area contributed by atoms with E-state index in [2.05, 4.69) is 9.84 Å². The van der Waals surface area contributed by atoms with E-state index in [0.29, 0.717) is 6.07 Å². The number of alkyl halides is 5. The van der Waals surface area contributed by atoms with Gasteiger partial charge in [-0.2, -0.15) is 13.2 Å². The first-order chi connectivity index (χ1) is 6.39. The minimum absolute atomic E-state index is 0.502. The van der Waals surface area contributed by atoms with Crippen LogP contribution in [0.3, 0.4) is 0 Å². The Bertz CT molecular complexity index is 295. The van der Waals surface area contributed by atoms with Crippen LogP contribution >= 0.6 is 0 Å². The van der Waals surface area contributed by atoms with E-state index in [1.807, 2.05) is 0 Å². The summed E-state index contributed by atoms with van der Waals surface area (Å²) in [7, 11) is 0. The molecular formula is C6H5F5N2O. The van der Waals surface area contributed by atoms with Crippen LogP contribution in [0.4, 0.5) is 22.0 Å². The molecule has 1 heterocycles. The summed E-state index contributed by atoms with van der Waals surface area (Å²) >= 11 is 0. The molecule has 14 heavy (non-hydrogen) atoms. The first kappa shape index (κ1) is 10.7. The predicted octanol–water partition coefficient (Wildman–Crippen LogP) is 2.07.